The molecule has 0 radical (unpaired) electrons. The van der Waals surface area contributed by atoms with E-state index in [1.165, 1.54) is 20.2 Å². The fraction of sp³-hybridized carbons (Fsp3) is 0.400. The van der Waals surface area contributed by atoms with Crippen LogP contribution in [0.5, 0.6) is 0 Å². The molecule has 0 aromatic carbocycles. The van der Waals surface area contributed by atoms with Gasteiger partial charge < -0.3 is 4.90 Å². The second-order valence-electron chi connectivity index (χ2n) is 7.44. The fourth-order valence-corrected chi connectivity index (χ4v) is 3.54. The van der Waals surface area contributed by atoms with Crippen molar-refractivity contribution in [1.82, 2.24) is 24.1 Å². The average molecular weight is 401 g/mol. The molecule has 4 heterocycles. The Bertz CT molecular complexity index is 1110. The summed E-state index contributed by atoms with van der Waals surface area (Å²) in [7, 11) is 1.60. The molecule has 1 unspecified atom stereocenters. The van der Waals surface area contributed by atoms with Crippen LogP contribution in [-0.4, -0.2) is 49.0 Å². The maximum atomic E-state index is 13.3. The number of alkyl halides is 2. The van der Waals surface area contributed by atoms with E-state index < -0.39 is 5.92 Å². The highest BCUT2D eigenvalue weighted by atomic mass is 19.3. The van der Waals surface area contributed by atoms with E-state index in [1.54, 1.807) is 25.4 Å². The summed E-state index contributed by atoms with van der Waals surface area (Å²) in [6.07, 6.45) is 2.56. The summed E-state index contributed by atoms with van der Waals surface area (Å²) in [5.41, 5.74) is 2.42. The molecule has 3 aromatic rings. The van der Waals surface area contributed by atoms with Crippen molar-refractivity contribution < 1.29 is 13.6 Å². The molecule has 0 saturated carbocycles. The van der Waals surface area contributed by atoms with Crippen LogP contribution in [0, 0.1) is 0 Å². The van der Waals surface area contributed by atoms with Crippen LogP contribution in [0.3, 0.4) is 0 Å². The maximum Gasteiger partial charge on any atom is 0.350 e. The molecular formula is C20H21F2N5O2. The number of hydrogen-bond acceptors (Lipinski definition) is 4. The van der Waals surface area contributed by atoms with E-state index in [-0.39, 0.29) is 43.4 Å². The summed E-state index contributed by atoms with van der Waals surface area (Å²) >= 11 is 0. The van der Waals surface area contributed by atoms with Crippen molar-refractivity contribution in [3.8, 4) is 0 Å². The number of amides is 1. The van der Waals surface area contributed by atoms with Gasteiger partial charge in [0.25, 0.3) is 11.8 Å². The Morgan fingerprint density at radius 1 is 1.21 bits per heavy atom. The molecular weight excluding hydrogens is 380 g/mol. The van der Waals surface area contributed by atoms with Gasteiger partial charge in [-0.15, -0.1) is 0 Å². The number of aryl methyl sites for hydroxylation is 1. The van der Waals surface area contributed by atoms with Gasteiger partial charge in [-0.3, -0.25) is 14.2 Å². The van der Waals surface area contributed by atoms with Crippen LogP contribution in [-0.2, 0) is 7.05 Å². The van der Waals surface area contributed by atoms with Crippen LogP contribution in [0.2, 0.25) is 0 Å². The minimum atomic E-state index is -2.69. The first kappa shape index (κ1) is 19.2. The van der Waals surface area contributed by atoms with Gasteiger partial charge in [-0.2, -0.15) is 5.10 Å². The summed E-state index contributed by atoms with van der Waals surface area (Å²) in [6, 6.07) is 7.12. The summed E-state index contributed by atoms with van der Waals surface area (Å²) in [6.45, 7) is 2.07. The van der Waals surface area contributed by atoms with Crippen molar-refractivity contribution in [3.63, 3.8) is 0 Å². The number of carbonyl (C=O) groups excluding carboxylic acids is 1. The zero-order valence-electron chi connectivity index (χ0n) is 16.2. The van der Waals surface area contributed by atoms with Crippen molar-refractivity contribution >= 4 is 11.6 Å². The lowest BCUT2D eigenvalue weighted by Crippen LogP contribution is -2.42. The maximum absolute atomic E-state index is 13.3. The van der Waals surface area contributed by atoms with Gasteiger partial charge in [-0.05, 0) is 29.8 Å². The molecule has 9 heteroatoms. The van der Waals surface area contributed by atoms with E-state index in [2.05, 4.69) is 10.1 Å². The van der Waals surface area contributed by atoms with Crippen molar-refractivity contribution in [2.75, 3.05) is 13.1 Å². The Morgan fingerprint density at radius 2 is 1.93 bits per heavy atom. The summed E-state index contributed by atoms with van der Waals surface area (Å²) in [5, 5.41) is 4.19. The fourth-order valence-electron chi connectivity index (χ4n) is 3.54. The first-order valence-electron chi connectivity index (χ1n) is 9.43. The second-order valence-corrected chi connectivity index (χ2v) is 7.44. The van der Waals surface area contributed by atoms with Crippen LogP contribution in [0.1, 0.15) is 47.3 Å². The van der Waals surface area contributed by atoms with E-state index in [9.17, 15) is 18.4 Å². The number of likely N-dealkylation sites (tertiary alicyclic amines) is 1. The molecule has 1 aliphatic heterocycles. The van der Waals surface area contributed by atoms with E-state index in [4.69, 9.17) is 0 Å². The largest absolute Gasteiger partial charge is 0.350 e. The van der Waals surface area contributed by atoms with E-state index in [1.807, 2.05) is 19.1 Å². The third-order valence-electron chi connectivity index (χ3n) is 5.45. The normalized spacial score (nSPS) is 17.4. The molecule has 7 nitrogen and oxygen atoms in total. The van der Waals surface area contributed by atoms with E-state index in [0.717, 1.165) is 11.3 Å². The average Bonchev–Trinajstić information content (AvgIpc) is 3.00. The number of fused-ring (bicyclic) bond motifs is 1. The standard InChI is InChI=1S/C20H21F2N5O2/c1-13(14-5-8-27-17(11-14)24-25(2)19(27)29)16-4-3-15(12-23-16)18(28)26-9-6-20(21,22)7-10-26/h3-5,8,11-13H,6-7,9-10H2,1-2H3. The Labute approximate surface area is 165 Å². The van der Waals surface area contributed by atoms with Crippen LogP contribution in [0.15, 0.2) is 41.5 Å². The smallest absolute Gasteiger partial charge is 0.338 e. The van der Waals surface area contributed by atoms with Gasteiger partial charge in [0.15, 0.2) is 5.65 Å². The van der Waals surface area contributed by atoms with E-state index >= 15 is 0 Å². The predicted molar refractivity (Wildman–Crippen MR) is 102 cm³/mol. The number of carbonyl (C=O) groups is 1. The number of aromatic nitrogens is 4. The molecule has 4 rings (SSSR count). The minimum absolute atomic E-state index is 0.0491. The van der Waals surface area contributed by atoms with E-state index in [0.29, 0.717) is 11.2 Å². The molecule has 1 saturated heterocycles. The summed E-state index contributed by atoms with van der Waals surface area (Å²) in [4.78, 5) is 30.3. The quantitative estimate of drug-likeness (QED) is 0.676. The molecule has 3 aromatic heterocycles. The van der Waals surface area contributed by atoms with Gasteiger partial charge in [0.1, 0.15) is 0 Å². The van der Waals surface area contributed by atoms with Crippen molar-refractivity contribution in [2.45, 2.75) is 31.6 Å². The molecule has 0 spiro atoms. The molecule has 29 heavy (non-hydrogen) atoms. The summed E-state index contributed by atoms with van der Waals surface area (Å²) < 4.78 is 29.3. The van der Waals surface area contributed by atoms with Crippen molar-refractivity contribution in [3.05, 3.63) is 64.0 Å². The summed E-state index contributed by atoms with van der Waals surface area (Å²) in [5.74, 6) is -3.04. The number of piperidine rings is 1. The number of nitrogens with zero attached hydrogens (tertiary/aromatic N) is 5. The van der Waals surface area contributed by atoms with Gasteiger partial charge in [0, 0.05) is 57.0 Å². The van der Waals surface area contributed by atoms with Crippen molar-refractivity contribution in [2.24, 2.45) is 7.05 Å². The molecule has 0 bridgehead atoms. The monoisotopic (exact) mass is 401 g/mol. The first-order valence-corrected chi connectivity index (χ1v) is 9.43. The van der Waals surface area contributed by atoms with Gasteiger partial charge >= 0.3 is 5.69 Å². The van der Waals surface area contributed by atoms with Crippen molar-refractivity contribution in [1.29, 1.82) is 0 Å². The zero-order valence-corrected chi connectivity index (χ0v) is 16.2. The van der Waals surface area contributed by atoms with Crippen LogP contribution < -0.4 is 5.69 Å². The number of hydrogen-bond donors (Lipinski definition) is 0. The number of rotatable bonds is 3. The Hall–Kier alpha value is -3.10. The lowest BCUT2D eigenvalue weighted by atomic mass is 9.97. The topological polar surface area (TPSA) is 72.5 Å². The highest BCUT2D eigenvalue weighted by Gasteiger charge is 2.35. The molecule has 152 valence electrons. The van der Waals surface area contributed by atoms with Crippen LogP contribution in [0.25, 0.3) is 5.65 Å². The molecule has 1 amide bonds. The third kappa shape index (κ3) is 3.64. The molecule has 1 aliphatic rings. The Kier molecular flexibility index (Phi) is 4.68. The lowest BCUT2D eigenvalue weighted by molar-refractivity contribution is -0.0494. The number of halogens is 2. The number of pyridine rings is 2. The SMILES string of the molecule is CC(c1ccn2c(=O)n(C)nc2c1)c1ccc(C(=O)N2CCC(F)(F)CC2)cn1. The van der Waals surface area contributed by atoms with Gasteiger partial charge in [0.2, 0.25) is 0 Å². The molecule has 0 N–H and O–H groups in total. The van der Waals surface area contributed by atoms with Gasteiger partial charge in [-0.25, -0.2) is 18.3 Å². The molecule has 0 aliphatic carbocycles. The van der Waals surface area contributed by atoms with Crippen LogP contribution in [0.4, 0.5) is 8.78 Å². The minimum Gasteiger partial charge on any atom is -0.338 e. The zero-order chi connectivity index (χ0) is 20.8. The van der Waals surface area contributed by atoms with Gasteiger partial charge in [0.05, 0.1) is 5.56 Å². The Morgan fingerprint density at radius 3 is 2.59 bits per heavy atom. The third-order valence-corrected chi connectivity index (χ3v) is 5.45. The highest BCUT2D eigenvalue weighted by molar-refractivity contribution is 5.94. The molecule has 1 fully saturated rings. The highest BCUT2D eigenvalue weighted by Crippen LogP contribution is 2.28. The van der Waals surface area contributed by atoms with Gasteiger partial charge in [-0.1, -0.05) is 6.92 Å². The predicted octanol–water partition coefficient (Wildman–Crippen LogP) is 2.45. The Balaban J connectivity index is 1.51. The van der Waals surface area contributed by atoms with Crippen LogP contribution >= 0.6 is 0 Å². The lowest BCUT2D eigenvalue weighted by Gasteiger charge is -2.31. The second kappa shape index (κ2) is 7.06. The molecule has 1 atom stereocenters. The first-order chi connectivity index (χ1) is 13.7.